The van der Waals surface area contributed by atoms with Crippen LogP contribution in [0.3, 0.4) is 0 Å². The summed E-state index contributed by atoms with van der Waals surface area (Å²) in [6, 6.07) is 10.6. The Morgan fingerprint density at radius 2 is 2.00 bits per heavy atom. The van der Waals surface area contributed by atoms with Crippen molar-refractivity contribution >= 4 is 21.8 Å². The van der Waals surface area contributed by atoms with Gasteiger partial charge in [-0.1, -0.05) is 0 Å². The molecular formula is C15H16BrNO3. The Morgan fingerprint density at radius 3 is 2.55 bits per heavy atom. The number of benzene rings is 1. The van der Waals surface area contributed by atoms with Crippen LogP contribution < -0.4 is 10.1 Å². The van der Waals surface area contributed by atoms with Crippen LogP contribution in [0.25, 0.3) is 0 Å². The fourth-order valence-electron chi connectivity index (χ4n) is 1.80. The lowest BCUT2D eigenvalue weighted by Gasteiger charge is -2.11. The van der Waals surface area contributed by atoms with Crippen molar-refractivity contribution in [1.29, 1.82) is 0 Å². The zero-order valence-corrected chi connectivity index (χ0v) is 12.9. The summed E-state index contributed by atoms with van der Waals surface area (Å²) in [6.07, 6.45) is 0. The molecule has 0 aliphatic rings. The standard InChI is InChI=1S/C15H16BrNO3/c1-10-3-8-14(20-10)11(2)17-15(18)12-4-6-13(7-5-12)19-9-16/h3-8,11H,9H2,1-2H3,(H,17,18). The van der Waals surface area contributed by atoms with Crippen LogP contribution in [0.5, 0.6) is 5.75 Å². The molecule has 0 saturated heterocycles. The van der Waals surface area contributed by atoms with Gasteiger partial charge in [0.15, 0.2) is 0 Å². The molecule has 5 heteroatoms. The number of carbonyl (C=O) groups is 1. The van der Waals surface area contributed by atoms with Crippen molar-refractivity contribution in [2.45, 2.75) is 19.9 Å². The van der Waals surface area contributed by atoms with Crippen LogP contribution in [0.2, 0.25) is 0 Å². The van der Waals surface area contributed by atoms with E-state index in [9.17, 15) is 4.79 Å². The third-order valence-electron chi connectivity index (χ3n) is 2.87. The molecule has 1 atom stereocenters. The number of rotatable bonds is 5. The first-order valence-electron chi connectivity index (χ1n) is 6.26. The molecule has 0 bridgehead atoms. The van der Waals surface area contributed by atoms with Gasteiger partial charge in [0, 0.05) is 5.56 Å². The number of furan rings is 1. The molecule has 4 nitrogen and oxygen atoms in total. The maximum atomic E-state index is 12.1. The fourth-order valence-corrected chi connectivity index (χ4v) is 2.07. The van der Waals surface area contributed by atoms with Gasteiger partial charge in [0.2, 0.25) is 0 Å². The number of hydrogen-bond acceptors (Lipinski definition) is 3. The largest absolute Gasteiger partial charge is 0.482 e. The Bertz CT molecular complexity index is 577. The highest BCUT2D eigenvalue weighted by Crippen LogP contribution is 2.17. The molecule has 106 valence electrons. The minimum Gasteiger partial charge on any atom is -0.482 e. The summed E-state index contributed by atoms with van der Waals surface area (Å²) in [5, 5.41) is 2.89. The Kier molecular flexibility index (Phi) is 4.84. The first kappa shape index (κ1) is 14.7. The normalized spacial score (nSPS) is 11.9. The lowest BCUT2D eigenvalue weighted by molar-refractivity contribution is 0.0935. The van der Waals surface area contributed by atoms with Gasteiger partial charge in [-0.2, -0.15) is 0 Å². The number of hydrogen-bond donors (Lipinski definition) is 1. The van der Waals surface area contributed by atoms with E-state index in [0.29, 0.717) is 16.8 Å². The van der Waals surface area contributed by atoms with Crippen LogP contribution in [0.4, 0.5) is 0 Å². The summed E-state index contributed by atoms with van der Waals surface area (Å²) in [5.74, 6) is 2.15. The van der Waals surface area contributed by atoms with Crippen LogP contribution in [-0.4, -0.2) is 11.4 Å². The maximum absolute atomic E-state index is 12.1. The van der Waals surface area contributed by atoms with Crippen molar-refractivity contribution in [1.82, 2.24) is 5.32 Å². The highest BCUT2D eigenvalue weighted by atomic mass is 79.9. The first-order valence-corrected chi connectivity index (χ1v) is 7.38. The van der Waals surface area contributed by atoms with Crippen molar-refractivity contribution in [2.75, 3.05) is 5.52 Å². The molecular weight excluding hydrogens is 322 g/mol. The average molecular weight is 338 g/mol. The summed E-state index contributed by atoms with van der Waals surface area (Å²) in [7, 11) is 0. The van der Waals surface area contributed by atoms with Crippen molar-refractivity contribution in [2.24, 2.45) is 0 Å². The Hall–Kier alpha value is -1.75. The summed E-state index contributed by atoms with van der Waals surface area (Å²) in [4.78, 5) is 12.1. The van der Waals surface area contributed by atoms with E-state index >= 15 is 0 Å². The van der Waals surface area contributed by atoms with Crippen LogP contribution in [0.15, 0.2) is 40.8 Å². The number of halogens is 1. The van der Waals surface area contributed by atoms with Gasteiger partial charge in [-0.3, -0.25) is 4.79 Å². The molecule has 0 spiro atoms. The molecule has 0 fully saturated rings. The van der Waals surface area contributed by atoms with E-state index in [4.69, 9.17) is 9.15 Å². The summed E-state index contributed by atoms with van der Waals surface area (Å²) >= 11 is 3.18. The van der Waals surface area contributed by atoms with Gasteiger partial charge in [0.05, 0.1) is 6.04 Å². The zero-order valence-electron chi connectivity index (χ0n) is 11.4. The molecule has 20 heavy (non-hydrogen) atoms. The molecule has 0 aliphatic carbocycles. The van der Waals surface area contributed by atoms with Gasteiger partial charge in [-0.25, -0.2) is 0 Å². The smallest absolute Gasteiger partial charge is 0.251 e. The Balaban J connectivity index is 2.00. The third-order valence-corrected chi connectivity index (χ3v) is 3.10. The van der Waals surface area contributed by atoms with E-state index in [-0.39, 0.29) is 11.9 Å². The number of alkyl halides is 1. The Morgan fingerprint density at radius 1 is 1.30 bits per heavy atom. The van der Waals surface area contributed by atoms with Gasteiger partial charge in [0.1, 0.15) is 22.8 Å². The van der Waals surface area contributed by atoms with Crippen molar-refractivity contribution in [3.05, 3.63) is 53.5 Å². The lowest BCUT2D eigenvalue weighted by atomic mass is 10.2. The molecule has 2 aromatic rings. The molecule has 1 N–H and O–H groups in total. The topological polar surface area (TPSA) is 51.5 Å². The summed E-state index contributed by atoms with van der Waals surface area (Å²) in [5.41, 5.74) is 1.01. The van der Waals surface area contributed by atoms with E-state index in [1.165, 1.54) is 0 Å². The first-order chi connectivity index (χ1) is 9.60. The molecule has 1 aromatic carbocycles. The monoisotopic (exact) mass is 337 g/mol. The molecule has 0 radical (unpaired) electrons. The van der Waals surface area contributed by atoms with E-state index in [0.717, 1.165) is 11.5 Å². The van der Waals surface area contributed by atoms with E-state index in [1.54, 1.807) is 24.3 Å². The highest BCUT2D eigenvalue weighted by molar-refractivity contribution is 9.09. The molecule has 1 heterocycles. The van der Waals surface area contributed by atoms with E-state index < -0.39 is 0 Å². The molecule has 0 aliphatic heterocycles. The summed E-state index contributed by atoms with van der Waals surface area (Å²) < 4.78 is 10.8. The van der Waals surface area contributed by atoms with Crippen molar-refractivity contribution in [3.63, 3.8) is 0 Å². The van der Waals surface area contributed by atoms with Crippen LogP contribution in [-0.2, 0) is 0 Å². The SMILES string of the molecule is Cc1ccc(C(C)NC(=O)c2ccc(OCBr)cc2)o1. The Labute approximate surface area is 126 Å². The van der Waals surface area contributed by atoms with Crippen LogP contribution >= 0.6 is 15.9 Å². The number of amides is 1. The van der Waals surface area contributed by atoms with E-state index in [2.05, 4.69) is 21.2 Å². The van der Waals surface area contributed by atoms with Crippen molar-refractivity contribution < 1.29 is 13.9 Å². The average Bonchev–Trinajstić information content (AvgIpc) is 2.86. The van der Waals surface area contributed by atoms with Crippen molar-refractivity contribution in [3.8, 4) is 5.75 Å². The van der Waals surface area contributed by atoms with Gasteiger partial charge in [-0.05, 0) is 66.2 Å². The molecule has 2 rings (SSSR count). The number of aryl methyl sites for hydroxylation is 1. The maximum Gasteiger partial charge on any atom is 0.251 e. The minimum atomic E-state index is -0.172. The number of ether oxygens (including phenoxy) is 1. The predicted molar refractivity (Wildman–Crippen MR) is 80.2 cm³/mol. The quantitative estimate of drug-likeness (QED) is 0.844. The highest BCUT2D eigenvalue weighted by Gasteiger charge is 2.14. The van der Waals surface area contributed by atoms with Gasteiger partial charge < -0.3 is 14.5 Å². The predicted octanol–water partition coefficient (Wildman–Crippen LogP) is 3.81. The van der Waals surface area contributed by atoms with Gasteiger partial charge >= 0.3 is 0 Å². The molecule has 1 unspecified atom stereocenters. The molecule has 0 saturated carbocycles. The van der Waals surface area contributed by atoms with Gasteiger partial charge in [0.25, 0.3) is 5.91 Å². The lowest BCUT2D eigenvalue weighted by Crippen LogP contribution is -2.26. The minimum absolute atomic E-state index is 0.142. The second-order valence-electron chi connectivity index (χ2n) is 4.42. The van der Waals surface area contributed by atoms with Gasteiger partial charge in [-0.15, -0.1) is 0 Å². The second-order valence-corrected chi connectivity index (χ2v) is 4.88. The molecule has 1 amide bonds. The second kappa shape index (κ2) is 6.61. The molecule has 1 aromatic heterocycles. The number of nitrogens with one attached hydrogen (secondary N) is 1. The third kappa shape index (κ3) is 3.63. The zero-order chi connectivity index (χ0) is 14.5. The van der Waals surface area contributed by atoms with E-state index in [1.807, 2.05) is 26.0 Å². The van der Waals surface area contributed by atoms with Crippen LogP contribution in [0, 0.1) is 6.92 Å². The van der Waals surface area contributed by atoms with Crippen LogP contribution in [0.1, 0.15) is 34.8 Å². The fraction of sp³-hybridized carbons (Fsp3) is 0.267. The summed E-state index contributed by atoms with van der Waals surface area (Å²) in [6.45, 7) is 3.76. The number of carbonyl (C=O) groups excluding carboxylic acids is 1.